The van der Waals surface area contributed by atoms with E-state index in [0.717, 1.165) is 100 Å². The number of hydrogen-bond acceptors (Lipinski definition) is 10. The van der Waals surface area contributed by atoms with Gasteiger partial charge in [-0.2, -0.15) is 0 Å². The topological polar surface area (TPSA) is 133 Å². The molecule has 2 N–H and O–H groups in total. The van der Waals surface area contributed by atoms with Crippen molar-refractivity contribution in [3.8, 4) is 23.0 Å². The molecule has 7 rings (SSSR count). The highest BCUT2D eigenvalue weighted by atomic mass is 16.7. The Morgan fingerprint density at radius 2 is 1.02 bits per heavy atom. The fraction of sp³-hybridized carbons (Fsp3) is 0.500. The normalized spacial score (nSPS) is 21.4. The van der Waals surface area contributed by atoms with Gasteiger partial charge in [-0.25, -0.2) is 0 Å². The van der Waals surface area contributed by atoms with Crippen LogP contribution in [-0.2, 0) is 9.59 Å². The van der Waals surface area contributed by atoms with Crippen molar-refractivity contribution in [1.29, 1.82) is 0 Å². The second kappa shape index (κ2) is 17.8. The molecule has 0 bridgehead atoms. The summed E-state index contributed by atoms with van der Waals surface area (Å²) in [5.74, 6) is 3.98. The monoisotopic (exact) mass is 740 g/mol. The predicted octanol–water partition coefficient (Wildman–Crippen LogP) is 4.10. The van der Waals surface area contributed by atoms with Gasteiger partial charge in [-0.15, -0.1) is 0 Å². The standard InChI is InChI=1S/C40H52N8O6/c1-3-5-17-47-37(49)31(23-29-9-11-33-35(25-29)53-27-51-33)43-39(47)41-13-7-15-45-19-21-46(22-20-45)16-8-14-42-40-44-32(38(50)48(40)18-6-4-2)24-30-10-12-34-36(26-30)54-28-52-34/h9-12,23-26H,3-8,13-22,27-28H2,1-2H3,(H,41,43)(H,42,44)/b31-23-,32-24-. The number of nitrogens with one attached hydrogen (secondary N) is 2. The first kappa shape index (κ1) is 37.2. The Labute approximate surface area is 317 Å². The second-order valence-electron chi connectivity index (χ2n) is 14.0. The molecule has 14 nitrogen and oxygen atoms in total. The number of amides is 2. The van der Waals surface area contributed by atoms with Crippen LogP contribution in [0.2, 0.25) is 0 Å². The van der Waals surface area contributed by atoms with Crippen LogP contribution in [0.5, 0.6) is 23.0 Å². The summed E-state index contributed by atoms with van der Waals surface area (Å²) >= 11 is 0. The highest BCUT2D eigenvalue weighted by Gasteiger charge is 2.33. The van der Waals surface area contributed by atoms with Crippen LogP contribution in [0.25, 0.3) is 12.2 Å². The van der Waals surface area contributed by atoms with Crippen LogP contribution in [-0.4, -0.2) is 122 Å². The Morgan fingerprint density at radius 1 is 0.593 bits per heavy atom. The average molecular weight is 741 g/mol. The molecule has 0 radical (unpaired) electrons. The number of guanidine groups is 2. The van der Waals surface area contributed by atoms with E-state index >= 15 is 0 Å². The smallest absolute Gasteiger partial charge is 0.277 e. The number of unbranched alkanes of at least 4 members (excludes halogenated alkanes) is 2. The zero-order valence-corrected chi connectivity index (χ0v) is 31.5. The van der Waals surface area contributed by atoms with Gasteiger partial charge < -0.3 is 39.4 Å². The van der Waals surface area contributed by atoms with Crippen molar-refractivity contribution in [2.45, 2.75) is 52.4 Å². The van der Waals surface area contributed by atoms with Crippen molar-refractivity contribution in [3.63, 3.8) is 0 Å². The molecule has 0 aromatic heterocycles. The van der Waals surface area contributed by atoms with Gasteiger partial charge in [0.1, 0.15) is 11.4 Å². The first-order valence-electron chi connectivity index (χ1n) is 19.4. The zero-order valence-electron chi connectivity index (χ0n) is 31.5. The third-order valence-corrected chi connectivity index (χ3v) is 10.1. The van der Waals surface area contributed by atoms with E-state index in [1.807, 2.05) is 48.6 Å². The fourth-order valence-corrected chi connectivity index (χ4v) is 6.99. The third kappa shape index (κ3) is 8.99. The molecule has 14 heteroatoms. The Hall–Kier alpha value is -5.08. The number of benzene rings is 2. The lowest BCUT2D eigenvalue weighted by atomic mass is 10.1. The van der Waals surface area contributed by atoms with Crippen LogP contribution < -0.4 is 29.6 Å². The first-order chi connectivity index (χ1) is 26.5. The van der Waals surface area contributed by atoms with Crippen molar-refractivity contribution >= 4 is 35.9 Å². The molecule has 3 fully saturated rings. The summed E-state index contributed by atoms with van der Waals surface area (Å²) in [7, 11) is 0. The maximum absolute atomic E-state index is 13.3. The summed E-state index contributed by atoms with van der Waals surface area (Å²) in [6.45, 7) is 13.3. The molecule has 0 unspecified atom stereocenters. The summed E-state index contributed by atoms with van der Waals surface area (Å²) in [5.41, 5.74) is 2.78. The van der Waals surface area contributed by atoms with Gasteiger partial charge >= 0.3 is 0 Å². The Bertz CT molecular complexity index is 1670. The van der Waals surface area contributed by atoms with Crippen LogP contribution >= 0.6 is 0 Å². The third-order valence-electron chi connectivity index (χ3n) is 10.1. The fourth-order valence-electron chi connectivity index (χ4n) is 6.99. The summed E-state index contributed by atoms with van der Waals surface area (Å²) < 4.78 is 21.9. The molecule has 2 aromatic carbocycles. The van der Waals surface area contributed by atoms with E-state index in [4.69, 9.17) is 28.9 Å². The van der Waals surface area contributed by atoms with Crippen molar-refractivity contribution in [3.05, 3.63) is 58.9 Å². The van der Waals surface area contributed by atoms with Crippen molar-refractivity contribution in [2.75, 3.05) is 79.0 Å². The van der Waals surface area contributed by atoms with Gasteiger partial charge in [-0.3, -0.25) is 29.4 Å². The van der Waals surface area contributed by atoms with Crippen LogP contribution in [0.4, 0.5) is 0 Å². The van der Waals surface area contributed by atoms with E-state index in [0.29, 0.717) is 61.0 Å². The number of ether oxygens (including phenoxy) is 4. The Kier molecular flexibility index (Phi) is 12.3. The van der Waals surface area contributed by atoms with Crippen LogP contribution in [0.15, 0.2) is 57.8 Å². The van der Waals surface area contributed by atoms with E-state index in [9.17, 15) is 9.59 Å². The summed E-state index contributed by atoms with van der Waals surface area (Å²) in [5, 5.41) is 6.57. The Balaban J connectivity index is 0.847. The molecule has 3 saturated heterocycles. The van der Waals surface area contributed by atoms with Crippen LogP contribution in [0.1, 0.15) is 63.5 Å². The molecule has 0 aliphatic carbocycles. The number of carbonyl (C=O) groups excluding carboxylic acids is 2. The summed E-state index contributed by atoms with van der Waals surface area (Å²) in [6.07, 6.45) is 9.37. The minimum absolute atomic E-state index is 0.0524. The largest absolute Gasteiger partial charge is 0.454 e. The van der Waals surface area contributed by atoms with Gasteiger partial charge in [0.15, 0.2) is 23.0 Å². The van der Waals surface area contributed by atoms with Gasteiger partial charge in [-0.1, -0.05) is 38.8 Å². The molecule has 288 valence electrons. The van der Waals surface area contributed by atoms with E-state index in [1.54, 1.807) is 9.80 Å². The molecule has 0 atom stereocenters. The molecular formula is C40H52N8O6. The summed E-state index contributed by atoms with van der Waals surface area (Å²) in [4.78, 5) is 44.8. The minimum Gasteiger partial charge on any atom is -0.454 e. The SMILES string of the molecule is CCCCN1C(=O)/C(=C/c2ccc3c(c2)OCO3)NC1=NCCCN1CCN(CCCN=C2N/C(=C\c3ccc4c(c3)OCO4)C(=O)N2CCCC)CC1. The molecule has 5 heterocycles. The first-order valence-corrected chi connectivity index (χ1v) is 19.4. The molecule has 2 amide bonds. The van der Waals surface area contributed by atoms with E-state index < -0.39 is 0 Å². The van der Waals surface area contributed by atoms with Gasteiger partial charge in [0, 0.05) is 65.4 Å². The average Bonchev–Trinajstić information content (AvgIpc) is 3.97. The molecule has 5 aliphatic heterocycles. The minimum atomic E-state index is -0.0524. The van der Waals surface area contributed by atoms with Crippen LogP contribution in [0, 0.1) is 0 Å². The highest BCUT2D eigenvalue weighted by molar-refractivity contribution is 6.16. The second-order valence-corrected chi connectivity index (χ2v) is 14.0. The van der Waals surface area contributed by atoms with Gasteiger partial charge in [-0.05, 0) is 73.2 Å². The zero-order chi connectivity index (χ0) is 37.3. The van der Waals surface area contributed by atoms with Gasteiger partial charge in [0.05, 0.1) is 0 Å². The lowest BCUT2D eigenvalue weighted by Crippen LogP contribution is -2.47. The molecule has 2 aromatic rings. The molecule has 0 spiro atoms. The number of fused-ring (bicyclic) bond motifs is 2. The van der Waals surface area contributed by atoms with E-state index in [1.165, 1.54) is 0 Å². The maximum atomic E-state index is 13.3. The van der Waals surface area contributed by atoms with E-state index in [-0.39, 0.29) is 25.4 Å². The Morgan fingerprint density at radius 3 is 1.44 bits per heavy atom. The van der Waals surface area contributed by atoms with Crippen molar-refractivity contribution in [2.24, 2.45) is 9.98 Å². The van der Waals surface area contributed by atoms with E-state index in [2.05, 4.69) is 34.3 Å². The lowest BCUT2D eigenvalue weighted by Gasteiger charge is -2.34. The van der Waals surface area contributed by atoms with Gasteiger partial charge in [0.25, 0.3) is 11.8 Å². The van der Waals surface area contributed by atoms with Crippen LogP contribution in [0.3, 0.4) is 0 Å². The number of rotatable bonds is 16. The number of hydrogen-bond donors (Lipinski definition) is 2. The van der Waals surface area contributed by atoms with Crippen molar-refractivity contribution in [1.82, 2.24) is 30.2 Å². The number of piperazine rings is 1. The number of nitrogens with zero attached hydrogens (tertiary/aromatic N) is 6. The quantitative estimate of drug-likeness (QED) is 0.192. The highest BCUT2D eigenvalue weighted by Crippen LogP contribution is 2.34. The molecule has 0 saturated carbocycles. The number of carbonyl (C=O) groups is 2. The molecule has 5 aliphatic rings. The van der Waals surface area contributed by atoms with Crippen molar-refractivity contribution < 1.29 is 28.5 Å². The molecule has 54 heavy (non-hydrogen) atoms. The summed E-state index contributed by atoms with van der Waals surface area (Å²) in [6, 6.07) is 11.4. The van der Waals surface area contributed by atoms with Gasteiger partial charge in [0.2, 0.25) is 25.5 Å². The lowest BCUT2D eigenvalue weighted by molar-refractivity contribution is -0.123. The maximum Gasteiger partial charge on any atom is 0.277 e. The predicted molar refractivity (Wildman–Crippen MR) is 207 cm³/mol. The molecular weight excluding hydrogens is 688 g/mol. The number of aliphatic imine (C=N–C) groups is 2.